The Balaban J connectivity index is 1.90. The zero-order valence-electron chi connectivity index (χ0n) is 14.1. The van der Waals surface area contributed by atoms with Crippen molar-refractivity contribution in [2.45, 2.75) is 0 Å². The molecule has 2 aromatic heterocycles. The van der Waals surface area contributed by atoms with Crippen LogP contribution in [0.4, 0.5) is 0 Å². The quantitative estimate of drug-likeness (QED) is 0.490. The summed E-state index contributed by atoms with van der Waals surface area (Å²) in [6.45, 7) is 0. The van der Waals surface area contributed by atoms with Crippen LogP contribution in [0, 0.1) is 0 Å². The van der Waals surface area contributed by atoms with E-state index in [9.17, 15) is 0 Å². The van der Waals surface area contributed by atoms with Crippen LogP contribution in [-0.2, 0) is 7.05 Å². The van der Waals surface area contributed by atoms with Gasteiger partial charge in [-0.25, -0.2) is 9.55 Å². The lowest BCUT2D eigenvalue weighted by Crippen LogP contribution is -2.25. The minimum absolute atomic E-state index is 0.991. The highest BCUT2D eigenvalue weighted by molar-refractivity contribution is 5.76. The third-order valence-electron chi connectivity index (χ3n) is 4.28. The Labute approximate surface area is 148 Å². The molecule has 0 spiro atoms. The van der Waals surface area contributed by atoms with Crippen LogP contribution in [-0.4, -0.2) is 4.98 Å². The maximum Gasteiger partial charge on any atom is 0.169 e. The van der Waals surface area contributed by atoms with Gasteiger partial charge in [-0.05, 0) is 23.3 Å². The lowest BCUT2D eigenvalue weighted by Gasteiger charge is -2.10. The highest BCUT2D eigenvalue weighted by Gasteiger charge is 2.09. The Hall–Kier alpha value is -3.26. The number of rotatable bonds is 3. The van der Waals surface area contributed by atoms with E-state index < -0.39 is 0 Å². The maximum absolute atomic E-state index is 4.91. The molecular weight excluding hydrogens is 304 g/mol. The summed E-state index contributed by atoms with van der Waals surface area (Å²) in [4.78, 5) is 4.91. The van der Waals surface area contributed by atoms with Gasteiger partial charge in [0.25, 0.3) is 0 Å². The van der Waals surface area contributed by atoms with Gasteiger partial charge in [-0.2, -0.15) is 0 Å². The Morgan fingerprint density at radius 2 is 1.04 bits per heavy atom. The molecule has 0 fully saturated rings. The standard InChI is InChI=1S/C23H19N2/c1-25-14-12-18(13-15-25)21-16-22(19-8-4-2-5-9-19)24-23(17-21)20-10-6-3-7-11-20/h2-17H,1H3/q+1. The van der Waals surface area contributed by atoms with Crippen LogP contribution < -0.4 is 4.57 Å². The second-order valence-corrected chi connectivity index (χ2v) is 6.11. The van der Waals surface area contributed by atoms with Crippen molar-refractivity contribution >= 4 is 0 Å². The van der Waals surface area contributed by atoms with Crippen LogP contribution in [0.3, 0.4) is 0 Å². The smallest absolute Gasteiger partial charge is 0.169 e. The molecule has 2 nitrogen and oxygen atoms in total. The molecule has 0 unspecified atom stereocenters. The molecule has 2 heterocycles. The zero-order valence-corrected chi connectivity index (χ0v) is 14.1. The third kappa shape index (κ3) is 3.33. The molecule has 0 aliphatic carbocycles. The van der Waals surface area contributed by atoms with Gasteiger partial charge in [0.05, 0.1) is 11.4 Å². The van der Waals surface area contributed by atoms with E-state index in [0.29, 0.717) is 0 Å². The van der Waals surface area contributed by atoms with E-state index in [1.807, 2.05) is 48.0 Å². The predicted molar refractivity (Wildman–Crippen MR) is 102 cm³/mol. The number of benzene rings is 2. The fraction of sp³-hybridized carbons (Fsp3) is 0.0435. The summed E-state index contributed by atoms with van der Waals surface area (Å²) in [6, 6.07) is 29.3. The molecule has 120 valence electrons. The van der Waals surface area contributed by atoms with Gasteiger partial charge in [-0.15, -0.1) is 0 Å². The number of aromatic nitrogens is 2. The summed E-state index contributed by atoms with van der Waals surface area (Å²) in [5.41, 5.74) is 6.60. The van der Waals surface area contributed by atoms with Crippen molar-refractivity contribution < 1.29 is 4.57 Å². The van der Waals surface area contributed by atoms with Crippen LogP contribution in [0.15, 0.2) is 97.3 Å². The molecule has 0 bridgehead atoms. The van der Waals surface area contributed by atoms with E-state index in [-0.39, 0.29) is 0 Å². The summed E-state index contributed by atoms with van der Waals surface area (Å²) in [6.07, 6.45) is 4.14. The summed E-state index contributed by atoms with van der Waals surface area (Å²) in [5.74, 6) is 0. The summed E-state index contributed by atoms with van der Waals surface area (Å²) in [7, 11) is 2.03. The molecule has 0 aliphatic heterocycles. The van der Waals surface area contributed by atoms with Crippen molar-refractivity contribution in [2.24, 2.45) is 7.05 Å². The van der Waals surface area contributed by atoms with Gasteiger partial charge in [0.1, 0.15) is 7.05 Å². The number of aryl methyl sites for hydroxylation is 1. The predicted octanol–water partition coefficient (Wildman–Crippen LogP) is 4.91. The van der Waals surface area contributed by atoms with E-state index in [4.69, 9.17) is 4.98 Å². The summed E-state index contributed by atoms with van der Waals surface area (Å²) < 4.78 is 2.04. The Bertz CT molecular complexity index is 918. The SMILES string of the molecule is C[n+]1ccc(-c2cc(-c3ccccc3)nc(-c3ccccc3)c2)cc1. The van der Waals surface area contributed by atoms with Crippen LogP contribution in [0.1, 0.15) is 0 Å². The molecule has 0 saturated heterocycles. The molecule has 25 heavy (non-hydrogen) atoms. The lowest BCUT2D eigenvalue weighted by molar-refractivity contribution is -0.671. The van der Waals surface area contributed by atoms with E-state index in [1.54, 1.807) is 0 Å². The molecule has 0 aliphatic rings. The van der Waals surface area contributed by atoms with Crippen LogP contribution in [0.2, 0.25) is 0 Å². The van der Waals surface area contributed by atoms with Gasteiger partial charge in [0, 0.05) is 23.3 Å². The van der Waals surface area contributed by atoms with Gasteiger partial charge >= 0.3 is 0 Å². The lowest BCUT2D eigenvalue weighted by atomic mass is 10.0. The molecule has 4 rings (SSSR count). The Kier molecular flexibility index (Phi) is 4.09. The number of hydrogen-bond acceptors (Lipinski definition) is 1. The second-order valence-electron chi connectivity index (χ2n) is 6.11. The fourth-order valence-electron chi connectivity index (χ4n) is 2.90. The number of nitrogens with zero attached hydrogens (tertiary/aromatic N) is 2. The average molecular weight is 323 g/mol. The first-order valence-electron chi connectivity index (χ1n) is 8.38. The van der Waals surface area contributed by atoms with Gasteiger partial charge < -0.3 is 0 Å². The molecule has 0 amide bonds. The largest absolute Gasteiger partial charge is 0.248 e. The first-order valence-corrected chi connectivity index (χ1v) is 8.38. The molecule has 2 aromatic carbocycles. The summed E-state index contributed by atoms with van der Waals surface area (Å²) >= 11 is 0. The highest BCUT2D eigenvalue weighted by atomic mass is 14.9. The molecule has 4 aromatic rings. The van der Waals surface area contributed by atoms with E-state index in [2.05, 4.69) is 60.9 Å². The van der Waals surface area contributed by atoms with Crippen molar-refractivity contribution in [1.82, 2.24) is 4.98 Å². The first kappa shape index (κ1) is 15.3. The minimum Gasteiger partial charge on any atom is -0.248 e. The van der Waals surface area contributed by atoms with Crippen molar-refractivity contribution in [3.05, 3.63) is 97.3 Å². The zero-order chi connectivity index (χ0) is 17.1. The molecule has 0 N–H and O–H groups in total. The number of pyridine rings is 2. The average Bonchev–Trinajstić information content (AvgIpc) is 2.69. The van der Waals surface area contributed by atoms with Crippen molar-refractivity contribution in [3.63, 3.8) is 0 Å². The molecule has 0 atom stereocenters. The normalized spacial score (nSPS) is 10.6. The van der Waals surface area contributed by atoms with Crippen molar-refractivity contribution in [3.8, 4) is 33.6 Å². The van der Waals surface area contributed by atoms with E-state index in [1.165, 1.54) is 11.1 Å². The number of hydrogen-bond donors (Lipinski definition) is 0. The molecule has 0 saturated carbocycles. The van der Waals surface area contributed by atoms with Gasteiger partial charge in [-0.1, -0.05) is 60.7 Å². The topological polar surface area (TPSA) is 16.8 Å². The van der Waals surface area contributed by atoms with Crippen LogP contribution in [0.5, 0.6) is 0 Å². The van der Waals surface area contributed by atoms with Crippen molar-refractivity contribution in [2.75, 3.05) is 0 Å². The van der Waals surface area contributed by atoms with E-state index >= 15 is 0 Å². The highest BCUT2D eigenvalue weighted by Crippen LogP contribution is 2.29. The maximum atomic E-state index is 4.91. The Morgan fingerprint density at radius 1 is 0.560 bits per heavy atom. The second kappa shape index (κ2) is 6.70. The minimum atomic E-state index is 0.991. The van der Waals surface area contributed by atoms with E-state index in [0.717, 1.165) is 22.5 Å². The molecular formula is C23H19N2+. The molecule has 0 radical (unpaired) electrons. The van der Waals surface area contributed by atoms with Crippen LogP contribution in [0.25, 0.3) is 33.6 Å². The first-order chi connectivity index (χ1) is 12.3. The third-order valence-corrected chi connectivity index (χ3v) is 4.28. The Morgan fingerprint density at radius 3 is 1.52 bits per heavy atom. The molecule has 2 heteroatoms. The van der Waals surface area contributed by atoms with Gasteiger partial charge in [-0.3, -0.25) is 0 Å². The van der Waals surface area contributed by atoms with Crippen molar-refractivity contribution in [1.29, 1.82) is 0 Å². The fourth-order valence-corrected chi connectivity index (χ4v) is 2.90. The monoisotopic (exact) mass is 323 g/mol. The summed E-state index contributed by atoms with van der Waals surface area (Å²) in [5, 5.41) is 0. The van der Waals surface area contributed by atoms with Crippen LogP contribution >= 0.6 is 0 Å². The van der Waals surface area contributed by atoms with Gasteiger partial charge in [0.15, 0.2) is 12.4 Å². The van der Waals surface area contributed by atoms with Gasteiger partial charge in [0.2, 0.25) is 0 Å².